The predicted octanol–water partition coefficient (Wildman–Crippen LogP) is 4.42. The molecule has 1 aliphatic heterocycles. The number of likely N-dealkylation sites (tertiary alicyclic amines) is 1. The number of nitrogens with two attached hydrogens (primary N) is 2. The number of pyridine rings is 1. The summed E-state index contributed by atoms with van der Waals surface area (Å²) in [6.07, 6.45) is 1.67. The van der Waals surface area contributed by atoms with Gasteiger partial charge >= 0.3 is 0 Å². The highest BCUT2D eigenvalue weighted by atomic mass is 32.1. The molecular weight excluding hydrogens is 540 g/mol. The Morgan fingerprint density at radius 3 is 2.34 bits per heavy atom. The van der Waals surface area contributed by atoms with Crippen LogP contribution in [0.4, 0.5) is 11.5 Å². The highest BCUT2D eigenvalue weighted by Gasteiger charge is 2.28. The number of nitrogens with zero attached hydrogens (tertiary/aromatic N) is 3. The topological polar surface area (TPSA) is 149 Å². The zero-order valence-electron chi connectivity index (χ0n) is 23.2. The van der Waals surface area contributed by atoms with Crippen LogP contribution in [0.15, 0.2) is 42.5 Å². The Hall–Kier alpha value is -4.53. The maximum Gasteiger partial charge on any atom is 0.263 e. The van der Waals surface area contributed by atoms with E-state index in [1.54, 1.807) is 12.1 Å². The number of fused-ring (bicyclic) bond motifs is 1. The summed E-state index contributed by atoms with van der Waals surface area (Å²) in [5.41, 5.74) is 15.5. The van der Waals surface area contributed by atoms with Crippen molar-refractivity contribution in [3.05, 3.63) is 58.5 Å². The number of hydrogen-bond acceptors (Lipinski definition) is 10. The van der Waals surface area contributed by atoms with E-state index in [-0.39, 0.29) is 29.0 Å². The van der Waals surface area contributed by atoms with E-state index in [0.29, 0.717) is 43.5 Å². The standard InChI is InChI=1S/C30H32N6O4S/c1-38-21-13-18(14-22(39-2)26(21)40-3)23-20(15-31)28(33)35-30-24(23)25(32)27(41-30)29(37)34-19-9-11-36(12-10-19)16-17-7-5-4-6-8-17/h4-8,13-14,19H,9-12,16,32H2,1-3H3,(H2,33,35)(H,34,37). The average Bonchev–Trinajstić information content (AvgIpc) is 3.32. The second-order valence-electron chi connectivity index (χ2n) is 9.81. The molecular formula is C30H32N6O4S. The summed E-state index contributed by atoms with van der Waals surface area (Å²) in [7, 11) is 4.53. The van der Waals surface area contributed by atoms with Gasteiger partial charge in [-0.15, -0.1) is 11.3 Å². The molecule has 1 amide bonds. The smallest absolute Gasteiger partial charge is 0.263 e. The van der Waals surface area contributed by atoms with Crippen LogP contribution in [0.3, 0.4) is 0 Å². The van der Waals surface area contributed by atoms with Crippen molar-refractivity contribution in [2.45, 2.75) is 25.4 Å². The van der Waals surface area contributed by atoms with Gasteiger partial charge in [0, 0.05) is 36.6 Å². The van der Waals surface area contributed by atoms with Crippen molar-refractivity contribution >= 4 is 39.0 Å². The number of rotatable bonds is 8. The highest BCUT2D eigenvalue weighted by molar-refractivity contribution is 7.21. The van der Waals surface area contributed by atoms with Crippen molar-refractivity contribution in [1.82, 2.24) is 15.2 Å². The Labute approximate surface area is 242 Å². The molecule has 5 N–H and O–H groups in total. The van der Waals surface area contributed by atoms with E-state index in [1.165, 1.54) is 26.9 Å². The predicted molar refractivity (Wildman–Crippen MR) is 160 cm³/mol. The maximum atomic E-state index is 13.5. The number of piperidine rings is 1. The van der Waals surface area contributed by atoms with Gasteiger partial charge in [0.05, 0.1) is 27.0 Å². The number of methoxy groups -OCH3 is 3. The number of anilines is 2. The first-order valence-corrected chi connectivity index (χ1v) is 14.0. The summed E-state index contributed by atoms with van der Waals surface area (Å²) in [4.78, 5) is 21.1. The van der Waals surface area contributed by atoms with Crippen LogP contribution in [0, 0.1) is 11.3 Å². The number of carbonyl (C=O) groups is 1. The molecule has 0 spiro atoms. The third-order valence-electron chi connectivity index (χ3n) is 7.35. The number of carbonyl (C=O) groups excluding carboxylic acids is 1. The number of nitriles is 1. The largest absolute Gasteiger partial charge is 0.493 e. The van der Waals surface area contributed by atoms with Gasteiger partial charge in [0.25, 0.3) is 5.91 Å². The normalized spacial score (nSPS) is 14.0. The minimum atomic E-state index is -0.264. The minimum Gasteiger partial charge on any atom is -0.493 e. The molecule has 0 saturated carbocycles. The number of hydrogen-bond donors (Lipinski definition) is 3. The molecule has 3 heterocycles. The summed E-state index contributed by atoms with van der Waals surface area (Å²) >= 11 is 1.16. The van der Waals surface area contributed by atoms with Gasteiger partial charge in [0.2, 0.25) is 5.75 Å². The first-order chi connectivity index (χ1) is 19.9. The summed E-state index contributed by atoms with van der Waals surface area (Å²) < 4.78 is 16.5. The fourth-order valence-corrected chi connectivity index (χ4v) is 6.31. The van der Waals surface area contributed by atoms with Gasteiger partial charge in [-0.05, 0) is 36.1 Å². The molecule has 0 atom stereocenters. The zero-order chi connectivity index (χ0) is 29.1. The van der Waals surface area contributed by atoms with E-state index in [2.05, 4.69) is 33.4 Å². The maximum absolute atomic E-state index is 13.5. The monoisotopic (exact) mass is 572 g/mol. The number of benzene rings is 2. The number of ether oxygens (including phenoxy) is 3. The van der Waals surface area contributed by atoms with Crippen molar-refractivity contribution < 1.29 is 19.0 Å². The lowest BCUT2D eigenvalue weighted by atomic mass is 9.96. The van der Waals surface area contributed by atoms with E-state index in [1.807, 2.05) is 18.2 Å². The van der Waals surface area contributed by atoms with Gasteiger partial charge in [-0.1, -0.05) is 30.3 Å². The summed E-state index contributed by atoms with van der Waals surface area (Å²) in [6.45, 7) is 2.66. The van der Waals surface area contributed by atoms with Gasteiger partial charge in [-0.25, -0.2) is 4.98 Å². The molecule has 1 aliphatic rings. The fraction of sp³-hybridized carbons (Fsp3) is 0.300. The molecule has 0 aliphatic carbocycles. The lowest BCUT2D eigenvalue weighted by Gasteiger charge is -2.32. The molecule has 5 rings (SSSR count). The van der Waals surface area contributed by atoms with E-state index in [0.717, 1.165) is 43.8 Å². The van der Waals surface area contributed by atoms with Crippen LogP contribution in [-0.4, -0.2) is 56.3 Å². The van der Waals surface area contributed by atoms with Crippen LogP contribution in [0.25, 0.3) is 21.3 Å². The number of nitrogens with one attached hydrogen (secondary N) is 1. The molecule has 4 aromatic rings. The van der Waals surface area contributed by atoms with Crippen LogP contribution in [0.2, 0.25) is 0 Å². The van der Waals surface area contributed by atoms with Gasteiger partial charge < -0.3 is 31.0 Å². The first-order valence-electron chi connectivity index (χ1n) is 13.2. The average molecular weight is 573 g/mol. The lowest BCUT2D eigenvalue weighted by Crippen LogP contribution is -2.44. The summed E-state index contributed by atoms with van der Waals surface area (Å²) in [5.74, 6) is 0.991. The van der Waals surface area contributed by atoms with E-state index in [4.69, 9.17) is 25.7 Å². The zero-order valence-corrected chi connectivity index (χ0v) is 24.0. The molecule has 1 fully saturated rings. The number of amides is 1. The molecule has 0 bridgehead atoms. The second-order valence-corrected chi connectivity index (χ2v) is 10.8. The van der Waals surface area contributed by atoms with Gasteiger partial charge in [0.1, 0.15) is 27.2 Å². The van der Waals surface area contributed by atoms with E-state index in [9.17, 15) is 10.1 Å². The molecule has 1 saturated heterocycles. The molecule has 2 aromatic heterocycles. The van der Waals surface area contributed by atoms with Crippen molar-refractivity contribution in [3.63, 3.8) is 0 Å². The van der Waals surface area contributed by atoms with Crippen LogP contribution in [0.5, 0.6) is 17.2 Å². The van der Waals surface area contributed by atoms with Crippen molar-refractivity contribution in [3.8, 4) is 34.4 Å². The molecule has 11 heteroatoms. The number of aromatic nitrogens is 1. The van der Waals surface area contributed by atoms with Gasteiger partial charge in [-0.2, -0.15) is 5.26 Å². The third-order valence-corrected chi connectivity index (χ3v) is 8.45. The molecule has 10 nitrogen and oxygen atoms in total. The molecule has 41 heavy (non-hydrogen) atoms. The molecule has 212 valence electrons. The SMILES string of the molecule is COc1cc(-c2c(C#N)c(N)nc3sc(C(=O)NC4CCN(Cc5ccccc5)CC4)c(N)c23)cc(OC)c1OC. The number of nitrogen functional groups attached to an aromatic ring is 2. The van der Waals surface area contributed by atoms with Gasteiger partial charge in [-0.3, -0.25) is 9.69 Å². The Morgan fingerprint density at radius 2 is 1.76 bits per heavy atom. The third kappa shape index (κ3) is 5.44. The summed E-state index contributed by atoms with van der Waals surface area (Å²) in [5, 5.41) is 13.7. The number of thiophene rings is 1. The van der Waals surface area contributed by atoms with Crippen molar-refractivity contribution in [2.24, 2.45) is 0 Å². The highest BCUT2D eigenvalue weighted by Crippen LogP contribution is 2.47. The Balaban J connectivity index is 1.45. The Bertz CT molecular complexity index is 1600. The van der Waals surface area contributed by atoms with Crippen LogP contribution in [0.1, 0.15) is 33.6 Å². The van der Waals surface area contributed by atoms with E-state index < -0.39 is 0 Å². The van der Waals surface area contributed by atoms with Crippen LogP contribution in [-0.2, 0) is 6.54 Å². The van der Waals surface area contributed by atoms with Crippen molar-refractivity contribution in [2.75, 3.05) is 45.9 Å². The first kappa shape index (κ1) is 28.0. The van der Waals surface area contributed by atoms with Crippen LogP contribution >= 0.6 is 11.3 Å². The van der Waals surface area contributed by atoms with Crippen LogP contribution < -0.4 is 31.0 Å². The Kier molecular flexibility index (Phi) is 8.14. The molecule has 0 radical (unpaired) electrons. The van der Waals surface area contributed by atoms with Gasteiger partial charge in [0.15, 0.2) is 11.5 Å². The second kappa shape index (κ2) is 11.9. The molecule has 0 unspecified atom stereocenters. The minimum absolute atomic E-state index is 0.0291. The Morgan fingerprint density at radius 1 is 1.10 bits per heavy atom. The van der Waals surface area contributed by atoms with E-state index >= 15 is 0 Å². The lowest BCUT2D eigenvalue weighted by molar-refractivity contribution is 0.0914. The van der Waals surface area contributed by atoms with Crippen molar-refractivity contribution in [1.29, 1.82) is 5.26 Å². The summed E-state index contributed by atoms with van der Waals surface area (Å²) in [6, 6.07) is 16.0. The fourth-order valence-electron chi connectivity index (χ4n) is 5.29. The quantitative estimate of drug-likeness (QED) is 0.279. The molecule has 2 aromatic carbocycles.